The number of carbonyl (C=O) groups excluding carboxylic acids is 1. The lowest BCUT2D eigenvalue weighted by molar-refractivity contribution is -0.138. The summed E-state index contributed by atoms with van der Waals surface area (Å²) in [6, 6.07) is 8.03. The van der Waals surface area contributed by atoms with Gasteiger partial charge >= 0.3 is 0 Å². The van der Waals surface area contributed by atoms with E-state index in [0.29, 0.717) is 12.5 Å². The van der Waals surface area contributed by atoms with Crippen molar-refractivity contribution in [1.29, 1.82) is 0 Å². The number of rotatable bonds is 3. The molecule has 1 amide bonds. The van der Waals surface area contributed by atoms with Crippen molar-refractivity contribution in [2.45, 2.75) is 38.6 Å². The van der Waals surface area contributed by atoms with Gasteiger partial charge in [0, 0.05) is 37.9 Å². The van der Waals surface area contributed by atoms with Crippen molar-refractivity contribution in [1.82, 2.24) is 14.5 Å². The van der Waals surface area contributed by atoms with Crippen molar-refractivity contribution >= 4 is 5.91 Å². The largest absolute Gasteiger partial charge is 0.492 e. The first-order valence-corrected chi connectivity index (χ1v) is 9.26. The number of fused-ring (bicyclic) bond motifs is 1. The minimum atomic E-state index is -0.0518. The molecule has 0 N–H and O–H groups in total. The van der Waals surface area contributed by atoms with Gasteiger partial charge in [0.05, 0.1) is 5.92 Å². The quantitative estimate of drug-likeness (QED) is 0.864. The average molecular weight is 339 g/mol. The lowest BCUT2D eigenvalue weighted by atomic mass is 9.92. The van der Waals surface area contributed by atoms with Crippen LogP contribution in [0.15, 0.2) is 36.7 Å². The van der Waals surface area contributed by atoms with E-state index in [1.54, 1.807) is 0 Å². The Labute approximate surface area is 148 Å². The molecule has 2 aliphatic heterocycles. The van der Waals surface area contributed by atoms with Crippen LogP contribution in [0.1, 0.15) is 37.1 Å². The van der Waals surface area contributed by atoms with Gasteiger partial charge in [-0.3, -0.25) is 4.79 Å². The lowest BCUT2D eigenvalue weighted by Gasteiger charge is -2.35. The van der Waals surface area contributed by atoms with Crippen molar-refractivity contribution in [3.05, 3.63) is 48.0 Å². The summed E-state index contributed by atoms with van der Waals surface area (Å²) in [4.78, 5) is 19.5. The molecule has 1 fully saturated rings. The molecule has 0 spiro atoms. The molecule has 132 valence electrons. The summed E-state index contributed by atoms with van der Waals surface area (Å²) in [5.74, 6) is 2.75. The Morgan fingerprint density at radius 2 is 2.08 bits per heavy atom. The smallest absolute Gasteiger partial charge is 0.229 e. The Hall–Kier alpha value is -2.30. The summed E-state index contributed by atoms with van der Waals surface area (Å²) >= 11 is 0. The van der Waals surface area contributed by atoms with E-state index in [1.165, 1.54) is 5.82 Å². The molecule has 4 rings (SSSR count). The van der Waals surface area contributed by atoms with Crippen molar-refractivity contribution in [3.8, 4) is 5.75 Å². The van der Waals surface area contributed by atoms with Crippen LogP contribution in [0, 0.1) is 5.92 Å². The van der Waals surface area contributed by atoms with Crippen LogP contribution in [0.3, 0.4) is 0 Å². The Balaban J connectivity index is 1.37. The van der Waals surface area contributed by atoms with Gasteiger partial charge in [-0.05, 0) is 37.8 Å². The summed E-state index contributed by atoms with van der Waals surface area (Å²) in [5.41, 5.74) is 1.15. The SMILES string of the molecule is CCn1ccnc1C1CCN(C(=O)[C@@H]2COc3ccccc3C2)CC1. The molecular formula is C20H25N3O2. The minimum absolute atomic E-state index is 0.0518. The molecule has 1 saturated heterocycles. The fourth-order valence-electron chi connectivity index (χ4n) is 4.05. The molecule has 1 atom stereocenters. The van der Waals surface area contributed by atoms with Crippen LogP contribution in [-0.4, -0.2) is 40.1 Å². The number of piperidine rings is 1. The monoisotopic (exact) mass is 339 g/mol. The zero-order chi connectivity index (χ0) is 17.2. The highest BCUT2D eigenvalue weighted by Crippen LogP contribution is 2.31. The number of hydrogen-bond donors (Lipinski definition) is 0. The molecule has 0 saturated carbocycles. The Morgan fingerprint density at radius 1 is 1.28 bits per heavy atom. The first-order valence-electron chi connectivity index (χ1n) is 9.26. The fraction of sp³-hybridized carbons (Fsp3) is 0.500. The first-order chi connectivity index (χ1) is 12.3. The maximum Gasteiger partial charge on any atom is 0.229 e. The number of carbonyl (C=O) groups is 1. The van der Waals surface area contributed by atoms with E-state index in [4.69, 9.17) is 4.74 Å². The van der Waals surface area contributed by atoms with Crippen LogP contribution < -0.4 is 4.74 Å². The van der Waals surface area contributed by atoms with E-state index in [-0.39, 0.29) is 11.8 Å². The third-order valence-electron chi connectivity index (χ3n) is 5.49. The van der Waals surface area contributed by atoms with Crippen LogP contribution in [-0.2, 0) is 17.8 Å². The summed E-state index contributed by atoms with van der Waals surface area (Å²) in [7, 11) is 0. The molecule has 2 aromatic rings. The normalized spacial score (nSPS) is 20.8. The molecule has 0 aliphatic carbocycles. The molecule has 3 heterocycles. The van der Waals surface area contributed by atoms with Crippen molar-refractivity contribution in [3.63, 3.8) is 0 Å². The highest BCUT2D eigenvalue weighted by Gasteiger charge is 2.32. The van der Waals surface area contributed by atoms with Crippen LogP contribution in [0.5, 0.6) is 5.75 Å². The third kappa shape index (κ3) is 3.15. The Morgan fingerprint density at radius 3 is 2.88 bits per heavy atom. The number of hydrogen-bond acceptors (Lipinski definition) is 3. The highest BCUT2D eigenvalue weighted by molar-refractivity contribution is 5.80. The van der Waals surface area contributed by atoms with Crippen LogP contribution >= 0.6 is 0 Å². The van der Waals surface area contributed by atoms with Gasteiger partial charge in [-0.25, -0.2) is 4.98 Å². The number of benzene rings is 1. The van der Waals surface area contributed by atoms with Crippen LogP contribution in [0.2, 0.25) is 0 Å². The van der Waals surface area contributed by atoms with Gasteiger partial charge in [-0.1, -0.05) is 18.2 Å². The number of imidazole rings is 1. The van der Waals surface area contributed by atoms with E-state index < -0.39 is 0 Å². The number of amides is 1. The van der Waals surface area contributed by atoms with E-state index >= 15 is 0 Å². The first kappa shape index (κ1) is 16.2. The molecule has 0 unspecified atom stereocenters. The van der Waals surface area contributed by atoms with Gasteiger partial charge in [0.1, 0.15) is 18.2 Å². The van der Waals surface area contributed by atoms with Gasteiger partial charge < -0.3 is 14.2 Å². The third-order valence-corrected chi connectivity index (χ3v) is 5.49. The standard InChI is InChI=1S/C20H25N3O2/c1-2-22-12-9-21-19(22)15-7-10-23(11-8-15)20(24)17-13-16-5-3-4-6-18(16)25-14-17/h3-6,9,12,15,17H,2,7-8,10-11,13-14H2,1H3/t17-/m0/s1. The second-order valence-corrected chi connectivity index (χ2v) is 6.99. The molecule has 0 bridgehead atoms. The summed E-state index contributed by atoms with van der Waals surface area (Å²) in [6.45, 7) is 5.23. The zero-order valence-electron chi connectivity index (χ0n) is 14.7. The van der Waals surface area contributed by atoms with Gasteiger partial charge in [-0.15, -0.1) is 0 Å². The van der Waals surface area contributed by atoms with Gasteiger partial charge in [0.2, 0.25) is 5.91 Å². The van der Waals surface area contributed by atoms with Gasteiger partial charge in [-0.2, -0.15) is 0 Å². The van der Waals surface area contributed by atoms with Crippen LogP contribution in [0.4, 0.5) is 0 Å². The molecule has 1 aromatic carbocycles. The topological polar surface area (TPSA) is 47.4 Å². The molecule has 5 heteroatoms. The number of para-hydroxylation sites is 1. The Kier molecular flexibility index (Phi) is 4.47. The van der Waals surface area contributed by atoms with E-state index in [1.807, 2.05) is 35.5 Å². The fourth-order valence-corrected chi connectivity index (χ4v) is 4.05. The molecule has 2 aliphatic rings. The minimum Gasteiger partial charge on any atom is -0.492 e. The average Bonchev–Trinajstić information content (AvgIpc) is 3.16. The summed E-state index contributed by atoms with van der Waals surface area (Å²) in [6.07, 6.45) is 6.70. The zero-order valence-corrected chi connectivity index (χ0v) is 14.7. The van der Waals surface area contributed by atoms with E-state index in [9.17, 15) is 4.79 Å². The molecule has 25 heavy (non-hydrogen) atoms. The van der Waals surface area contributed by atoms with E-state index in [2.05, 4.69) is 22.5 Å². The summed E-state index contributed by atoms with van der Waals surface area (Å²) < 4.78 is 8.01. The van der Waals surface area contributed by atoms with E-state index in [0.717, 1.165) is 50.2 Å². The number of aryl methyl sites for hydroxylation is 1. The predicted octanol–water partition coefficient (Wildman–Crippen LogP) is 2.86. The van der Waals surface area contributed by atoms with Gasteiger partial charge in [0.15, 0.2) is 0 Å². The number of aromatic nitrogens is 2. The summed E-state index contributed by atoms with van der Waals surface area (Å²) in [5, 5.41) is 0. The van der Waals surface area contributed by atoms with Crippen molar-refractivity contribution in [2.75, 3.05) is 19.7 Å². The second kappa shape index (κ2) is 6.90. The van der Waals surface area contributed by atoms with Crippen molar-refractivity contribution < 1.29 is 9.53 Å². The Bertz CT molecular complexity index is 747. The lowest BCUT2D eigenvalue weighted by Crippen LogP contribution is -2.44. The maximum atomic E-state index is 12.9. The van der Waals surface area contributed by atoms with Crippen LogP contribution in [0.25, 0.3) is 0 Å². The molecule has 0 radical (unpaired) electrons. The molecular weight excluding hydrogens is 314 g/mol. The van der Waals surface area contributed by atoms with Gasteiger partial charge in [0.25, 0.3) is 0 Å². The highest BCUT2D eigenvalue weighted by atomic mass is 16.5. The van der Waals surface area contributed by atoms with Crippen molar-refractivity contribution in [2.24, 2.45) is 5.92 Å². The number of ether oxygens (including phenoxy) is 1. The second-order valence-electron chi connectivity index (χ2n) is 6.99. The number of nitrogens with zero attached hydrogens (tertiary/aromatic N) is 3. The maximum absolute atomic E-state index is 12.9. The number of likely N-dealkylation sites (tertiary alicyclic amines) is 1. The molecule has 1 aromatic heterocycles. The predicted molar refractivity (Wildman–Crippen MR) is 95.6 cm³/mol. The molecule has 5 nitrogen and oxygen atoms in total.